The highest BCUT2D eigenvalue weighted by Gasteiger charge is 2.07. The number of benzene rings is 2. The fourth-order valence-electron chi connectivity index (χ4n) is 2.10. The molecule has 0 saturated heterocycles. The Hall–Kier alpha value is -1.38. The van der Waals surface area contributed by atoms with Crippen LogP contribution < -0.4 is 0 Å². The van der Waals surface area contributed by atoms with E-state index in [2.05, 4.69) is 48.5 Å². The molecule has 2 heteroatoms. The van der Waals surface area contributed by atoms with Crippen molar-refractivity contribution in [1.29, 1.82) is 0 Å². The standard InChI is InChI=1S/C16H20OSi/c17-18(13-11-15-7-3-1-4-8-15)14-12-16-9-5-2-6-10-16/h1-10,17-18H,11-14H2. The summed E-state index contributed by atoms with van der Waals surface area (Å²) in [4.78, 5) is 10.1. The normalized spacial score (nSPS) is 10.8. The Labute approximate surface area is 111 Å². The lowest BCUT2D eigenvalue weighted by atomic mass is 10.2. The summed E-state index contributed by atoms with van der Waals surface area (Å²) in [5, 5.41) is 0. The van der Waals surface area contributed by atoms with Crippen LogP contribution >= 0.6 is 0 Å². The summed E-state index contributed by atoms with van der Waals surface area (Å²) < 4.78 is 0. The summed E-state index contributed by atoms with van der Waals surface area (Å²) in [6, 6.07) is 22.8. The highest BCUT2D eigenvalue weighted by Crippen LogP contribution is 2.10. The van der Waals surface area contributed by atoms with Crippen LogP contribution in [-0.2, 0) is 12.8 Å². The Bertz CT molecular complexity index is 398. The van der Waals surface area contributed by atoms with Crippen molar-refractivity contribution in [2.75, 3.05) is 0 Å². The molecule has 94 valence electrons. The lowest BCUT2D eigenvalue weighted by Gasteiger charge is -2.08. The van der Waals surface area contributed by atoms with Gasteiger partial charge in [0.1, 0.15) is 0 Å². The zero-order valence-electron chi connectivity index (χ0n) is 10.6. The van der Waals surface area contributed by atoms with Crippen molar-refractivity contribution < 1.29 is 4.80 Å². The van der Waals surface area contributed by atoms with Crippen molar-refractivity contribution in [2.45, 2.75) is 24.9 Å². The number of hydrogen-bond donors (Lipinski definition) is 1. The van der Waals surface area contributed by atoms with Gasteiger partial charge in [0.2, 0.25) is 0 Å². The van der Waals surface area contributed by atoms with Crippen molar-refractivity contribution in [3.63, 3.8) is 0 Å². The molecule has 2 rings (SSSR count). The van der Waals surface area contributed by atoms with E-state index in [0.717, 1.165) is 24.9 Å². The first-order valence-electron chi connectivity index (χ1n) is 6.60. The van der Waals surface area contributed by atoms with Crippen molar-refractivity contribution >= 4 is 9.04 Å². The van der Waals surface area contributed by atoms with Gasteiger partial charge < -0.3 is 4.80 Å². The first-order chi connectivity index (χ1) is 8.84. The van der Waals surface area contributed by atoms with Gasteiger partial charge in [0.15, 0.2) is 9.04 Å². The molecule has 1 nitrogen and oxygen atoms in total. The van der Waals surface area contributed by atoms with Gasteiger partial charge in [-0.25, -0.2) is 0 Å². The van der Waals surface area contributed by atoms with Crippen molar-refractivity contribution in [3.8, 4) is 0 Å². The molecule has 0 spiro atoms. The second kappa shape index (κ2) is 7.14. The summed E-state index contributed by atoms with van der Waals surface area (Å²) in [5.74, 6) is 0. The average molecular weight is 256 g/mol. The van der Waals surface area contributed by atoms with Crippen LogP contribution in [0.15, 0.2) is 60.7 Å². The van der Waals surface area contributed by atoms with E-state index < -0.39 is 9.04 Å². The molecule has 0 fully saturated rings. The van der Waals surface area contributed by atoms with E-state index in [1.54, 1.807) is 0 Å². The largest absolute Gasteiger partial charge is 0.435 e. The molecule has 0 bridgehead atoms. The maximum atomic E-state index is 10.1. The van der Waals surface area contributed by atoms with Crippen LogP contribution in [0.1, 0.15) is 11.1 Å². The van der Waals surface area contributed by atoms with E-state index >= 15 is 0 Å². The molecule has 0 unspecified atom stereocenters. The van der Waals surface area contributed by atoms with Gasteiger partial charge in [-0.3, -0.25) is 0 Å². The average Bonchev–Trinajstić information content (AvgIpc) is 2.45. The van der Waals surface area contributed by atoms with Crippen LogP contribution in [0, 0.1) is 0 Å². The molecule has 0 saturated carbocycles. The van der Waals surface area contributed by atoms with Gasteiger partial charge >= 0.3 is 0 Å². The molecule has 0 aliphatic rings. The van der Waals surface area contributed by atoms with Gasteiger partial charge in [-0.1, -0.05) is 60.7 Å². The Morgan fingerprint density at radius 1 is 0.667 bits per heavy atom. The van der Waals surface area contributed by atoms with E-state index in [1.807, 2.05) is 12.1 Å². The third kappa shape index (κ3) is 4.47. The SMILES string of the molecule is O[SiH](CCc1ccccc1)CCc1ccccc1. The molecular formula is C16H20OSi. The van der Waals surface area contributed by atoms with E-state index in [-0.39, 0.29) is 0 Å². The minimum absolute atomic E-state index is 0.983. The maximum Gasteiger partial charge on any atom is 0.173 e. The molecule has 0 aromatic heterocycles. The summed E-state index contributed by atoms with van der Waals surface area (Å²) in [5.41, 5.74) is 2.67. The van der Waals surface area contributed by atoms with Crippen LogP contribution in [0.4, 0.5) is 0 Å². The van der Waals surface area contributed by atoms with Gasteiger partial charge in [-0.05, 0) is 36.1 Å². The Morgan fingerprint density at radius 3 is 1.44 bits per heavy atom. The summed E-state index contributed by atoms with van der Waals surface area (Å²) in [6.07, 6.45) is 2.03. The second-order valence-corrected chi connectivity index (χ2v) is 7.16. The highest BCUT2D eigenvalue weighted by atomic mass is 28.3. The van der Waals surface area contributed by atoms with Gasteiger partial charge in [0.05, 0.1) is 0 Å². The molecule has 0 atom stereocenters. The van der Waals surface area contributed by atoms with Crippen molar-refractivity contribution in [3.05, 3.63) is 71.8 Å². The van der Waals surface area contributed by atoms with Gasteiger partial charge in [-0.2, -0.15) is 0 Å². The van der Waals surface area contributed by atoms with Crippen LogP contribution in [0.3, 0.4) is 0 Å². The van der Waals surface area contributed by atoms with Crippen LogP contribution in [0.5, 0.6) is 0 Å². The van der Waals surface area contributed by atoms with Crippen LogP contribution in [0.25, 0.3) is 0 Å². The Morgan fingerprint density at radius 2 is 1.06 bits per heavy atom. The summed E-state index contributed by atoms with van der Waals surface area (Å²) >= 11 is 0. The zero-order chi connectivity index (χ0) is 12.6. The molecule has 0 aliphatic heterocycles. The molecule has 1 N–H and O–H groups in total. The lowest BCUT2D eigenvalue weighted by Crippen LogP contribution is -2.13. The minimum atomic E-state index is -1.54. The smallest absolute Gasteiger partial charge is 0.173 e. The van der Waals surface area contributed by atoms with Gasteiger partial charge in [0.25, 0.3) is 0 Å². The first-order valence-corrected chi connectivity index (χ1v) is 8.75. The molecule has 0 aliphatic carbocycles. The van der Waals surface area contributed by atoms with E-state index in [9.17, 15) is 4.80 Å². The van der Waals surface area contributed by atoms with Crippen LogP contribution in [-0.4, -0.2) is 13.8 Å². The molecule has 2 aromatic rings. The molecule has 0 heterocycles. The monoisotopic (exact) mass is 256 g/mol. The zero-order valence-corrected chi connectivity index (χ0v) is 11.8. The Kier molecular flexibility index (Phi) is 5.18. The summed E-state index contributed by atoms with van der Waals surface area (Å²) in [6.45, 7) is 0. The number of rotatable bonds is 6. The van der Waals surface area contributed by atoms with Crippen LogP contribution in [0.2, 0.25) is 12.1 Å². The predicted molar refractivity (Wildman–Crippen MR) is 79.3 cm³/mol. The first kappa shape index (κ1) is 13.1. The van der Waals surface area contributed by atoms with Gasteiger partial charge in [0, 0.05) is 0 Å². The number of hydrogen-bond acceptors (Lipinski definition) is 1. The second-order valence-electron chi connectivity index (χ2n) is 4.70. The highest BCUT2D eigenvalue weighted by molar-refractivity contribution is 6.50. The third-order valence-corrected chi connectivity index (χ3v) is 5.13. The topological polar surface area (TPSA) is 20.2 Å². The number of aryl methyl sites for hydroxylation is 2. The van der Waals surface area contributed by atoms with E-state index in [4.69, 9.17) is 0 Å². The molecule has 2 aromatic carbocycles. The minimum Gasteiger partial charge on any atom is -0.435 e. The lowest BCUT2D eigenvalue weighted by molar-refractivity contribution is 0.563. The fourth-order valence-corrected chi connectivity index (χ4v) is 3.72. The third-order valence-electron chi connectivity index (χ3n) is 3.22. The molecule has 0 radical (unpaired) electrons. The maximum absolute atomic E-state index is 10.1. The van der Waals surface area contributed by atoms with E-state index in [0.29, 0.717) is 0 Å². The van der Waals surface area contributed by atoms with Gasteiger partial charge in [-0.15, -0.1) is 0 Å². The molecule has 18 heavy (non-hydrogen) atoms. The Balaban J connectivity index is 1.71. The van der Waals surface area contributed by atoms with Crippen molar-refractivity contribution in [2.24, 2.45) is 0 Å². The summed E-state index contributed by atoms with van der Waals surface area (Å²) in [7, 11) is -1.54. The van der Waals surface area contributed by atoms with E-state index in [1.165, 1.54) is 11.1 Å². The molecule has 0 amide bonds. The van der Waals surface area contributed by atoms with Crippen molar-refractivity contribution in [1.82, 2.24) is 0 Å². The predicted octanol–water partition coefficient (Wildman–Crippen LogP) is 3.19. The quantitative estimate of drug-likeness (QED) is 0.787. The molecular weight excluding hydrogens is 236 g/mol. The fraction of sp³-hybridized carbons (Fsp3) is 0.250.